The molecule has 5 nitrogen and oxygen atoms in total. The lowest BCUT2D eigenvalue weighted by molar-refractivity contribution is -0.958. The first-order valence-corrected chi connectivity index (χ1v) is 13.0. The number of nitrogens with zero attached hydrogens (tertiary/aromatic N) is 2. The van der Waals surface area contributed by atoms with E-state index < -0.39 is 5.60 Å². The fourth-order valence-electron chi connectivity index (χ4n) is 5.92. The number of ether oxygens (including phenoxy) is 1. The molecule has 3 aliphatic heterocycles. The Kier molecular flexibility index (Phi) is 6.08. The molecule has 184 valence electrons. The number of oxazole rings is 1. The standard InChI is InChI=1S/C30H30ClN2O3/c31-25-11-13-26(14-12-25)35-28-21-33(17-15-22(28)16-18-33)20-27-19-32-29(36-27)30(34,23-7-3-1-4-8-23)24-9-5-2-6-10-24/h1-14,19,22,28,34H,15-18,20-21H2/q+1/t22?,28-,33?/m0/s1. The van der Waals surface area contributed by atoms with Crippen LogP contribution in [0, 0.1) is 5.92 Å². The SMILES string of the molecule is OC(c1ccccc1)(c1ccccc1)c1ncc(C[N+]23CCC(CC2)[C@@H](Oc2ccc(Cl)cc2)C3)o1. The summed E-state index contributed by atoms with van der Waals surface area (Å²) in [4.78, 5) is 4.61. The summed E-state index contributed by atoms with van der Waals surface area (Å²) in [7, 11) is 0. The fraction of sp³-hybridized carbons (Fsp3) is 0.300. The molecule has 0 unspecified atom stereocenters. The second kappa shape index (κ2) is 9.40. The molecular weight excluding hydrogens is 472 g/mol. The van der Waals surface area contributed by atoms with Crippen LogP contribution in [0.15, 0.2) is 95.5 Å². The quantitative estimate of drug-likeness (QED) is 0.325. The second-order valence-electron chi connectivity index (χ2n) is 10.2. The fourth-order valence-corrected chi connectivity index (χ4v) is 6.04. The highest BCUT2D eigenvalue weighted by atomic mass is 35.5. The maximum atomic E-state index is 12.0. The first kappa shape index (κ1) is 23.3. The molecule has 0 spiro atoms. The molecule has 0 saturated carbocycles. The number of aliphatic hydroxyl groups is 1. The summed E-state index contributed by atoms with van der Waals surface area (Å²) in [6, 6.07) is 26.8. The molecule has 3 saturated heterocycles. The van der Waals surface area contributed by atoms with E-state index in [2.05, 4.69) is 4.98 Å². The highest BCUT2D eigenvalue weighted by molar-refractivity contribution is 6.30. The molecule has 7 rings (SSSR count). The van der Waals surface area contributed by atoms with Crippen molar-refractivity contribution in [3.05, 3.63) is 119 Å². The number of piperidine rings is 3. The first-order chi connectivity index (χ1) is 17.5. The molecule has 3 aromatic carbocycles. The van der Waals surface area contributed by atoms with Gasteiger partial charge in [0.2, 0.25) is 5.89 Å². The van der Waals surface area contributed by atoms with Crippen molar-refractivity contribution in [1.29, 1.82) is 0 Å². The molecule has 4 aromatic rings. The molecule has 1 atom stereocenters. The Balaban J connectivity index is 1.26. The molecular formula is C30H30ClN2O3+. The number of quaternary nitrogens is 1. The van der Waals surface area contributed by atoms with Gasteiger partial charge in [0.15, 0.2) is 17.5 Å². The largest absolute Gasteiger partial charge is 0.484 e. The van der Waals surface area contributed by atoms with E-state index in [1.807, 2.05) is 84.9 Å². The van der Waals surface area contributed by atoms with E-state index in [0.29, 0.717) is 16.8 Å². The van der Waals surface area contributed by atoms with Gasteiger partial charge >= 0.3 is 0 Å². The predicted molar refractivity (Wildman–Crippen MR) is 139 cm³/mol. The van der Waals surface area contributed by atoms with Crippen molar-refractivity contribution in [2.75, 3.05) is 19.6 Å². The average Bonchev–Trinajstić information content (AvgIpc) is 3.39. The zero-order valence-corrected chi connectivity index (χ0v) is 20.8. The summed E-state index contributed by atoms with van der Waals surface area (Å²) in [6.07, 6.45) is 4.23. The van der Waals surface area contributed by atoms with Crippen LogP contribution in [0.25, 0.3) is 0 Å². The smallest absolute Gasteiger partial charge is 0.236 e. The van der Waals surface area contributed by atoms with Crippen molar-refractivity contribution in [1.82, 2.24) is 4.98 Å². The molecule has 2 bridgehead atoms. The summed E-state index contributed by atoms with van der Waals surface area (Å²) < 4.78 is 13.7. The Morgan fingerprint density at radius 2 is 1.53 bits per heavy atom. The monoisotopic (exact) mass is 501 g/mol. The van der Waals surface area contributed by atoms with Gasteiger partial charge in [-0.15, -0.1) is 0 Å². The minimum absolute atomic E-state index is 0.168. The second-order valence-corrected chi connectivity index (χ2v) is 10.6. The molecule has 4 heterocycles. The lowest BCUT2D eigenvalue weighted by Gasteiger charge is -2.51. The molecule has 1 aromatic heterocycles. The number of halogens is 1. The number of aromatic nitrogens is 1. The van der Waals surface area contributed by atoms with Crippen molar-refractivity contribution < 1.29 is 18.7 Å². The molecule has 6 heteroatoms. The highest BCUT2D eigenvalue weighted by Crippen LogP contribution is 2.40. The Labute approximate surface area is 216 Å². The summed E-state index contributed by atoms with van der Waals surface area (Å²) >= 11 is 6.05. The third-order valence-electron chi connectivity index (χ3n) is 7.88. The summed E-state index contributed by atoms with van der Waals surface area (Å²) in [5.74, 6) is 2.54. The van der Waals surface area contributed by atoms with E-state index in [0.717, 1.165) is 66.1 Å². The molecule has 0 amide bonds. The van der Waals surface area contributed by atoms with Gasteiger partial charge in [0.05, 0.1) is 19.3 Å². The third kappa shape index (κ3) is 4.32. The van der Waals surface area contributed by atoms with Crippen molar-refractivity contribution in [3.63, 3.8) is 0 Å². The van der Waals surface area contributed by atoms with Crippen LogP contribution in [-0.4, -0.2) is 40.3 Å². The lowest BCUT2D eigenvalue weighted by Crippen LogP contribution is -2.64. The number of rotatable bonds is 7. The normalized spacial score (nSPS) is 23.5. The van der Waals surface area contributed by atoms with E-state index >= 15 is 0 Å². The van der Waals surface area contributed by atoms with Gasteiger partial charge in [-0.3, -0.25) is 0 Å². The van der Waals surface area contributed by atoms with Gasteiger partial charge in [-0.05, 0) is 35.4 Å². The van der Waals surface area contributed by atoms with Crippen LogP contribution in [0.4, 0.5) is 0 Å². The minimum Gasteiger partial charge on any atom is -0.484 e. The topological polar surface area (TPSA) is 55.5 Å². The Morgan fingerprint density at radius 3 is 2.14 bits per heavy atom. The van der Waals surface area contributed by atoms with Crippen LogP contribution in [0.3, 0.4) is 0 Å². The van der Waals surface area contributed by atoms with Gasteiger partial charge in [0.1, 0.15) is 18.8 Å². The van der Waals surface area contributed by atoms with E-state index in [4.69, 9.17) is 20.8 Å². The van der Waals surface area contributed by atoms with E-state index in [1.165, 1.54) is 0 Å². The zero-order chi connectivity index (χ0) is 24.6. The molecule has 0 aliphatic carbocycles. The number of benzene rings is 3. The van der Waals surface area contributed by atoms with Gasteiger partial charge in [-0.2, -0.15) is 0 Å². The Bertz CT molecular complexity index is 1260. The first-order valence-electron chi connectivity index (χ1n) is 12.6. The van der Waals surface area contributed by atoms with Gasteiger partial charge in [-0.25, -0.2) is 4.98 Å². The molecule has 3 fully saturated rings. The van der Waals surface area contributed by atoms with Crippen LogP contribution in [0.1, 0.15) is 35.6 Å². The molecule has 3 aliphatic rings. The maximum Gasteiger partial charge on any atom is 0.236 e. The summed E-state index contributed by atoms with van der Waals surface area (Å²) in [5.41, 5.74) is -0.00527. The Hall–Kier alpha value is -3.12. The van der Waals surface area contributed by atoms with Crippen LogP contribution >= 0.6 is 11.6 Å². The summed E-state index contributed by atoms with van der Waals surface area (Å²) in [5, 5.41) is 12.7. The minimum atomic E-state index is -1.46. The van der Waals surface area contributed by atoms with Gasteiger partial charge in [0.25, 0.3) is 0 Å². The Morgan fingerprint density at radius 1 is 0.917 bits per heavy atom. The molecule has 0 radical (unpaired) electrons. The van der Waals surface area contributed by atoms with E-state index in [1.54, 1.807) is 6.20 Å². The van der Waals surface area contributed by atoms with Crippen molar-refractivity contribution >= 4 is 11.6 Å². The predicted octanol–water partition coefficient (Wildman–Crippen LogP) is 5.80. The van der Waals surface area contributed by atoms with Gasteiger partial charge < -0.3 is 18.7 Å². The summed E-state index contributed by atoms with van der Waals surface area (Å²) in [6.45, 7) is 3.87. The van der Waals surface area contributed by atoms with Crippen molar-refractivity contribution in [2.24, 2.45) is 5.92 Å². The highest BCUT2D eigenvalue weighted by Gasteiger charge is 2.48. The number of fused-ring (bicyclic) bond motifs is 3. The van der Waals surface area contributed by atoms with Gasteiger partial charge in [-0.1, -0.05) is 72.3 Å². The van der Waals surface area contributed by atoms with Crippen LogP contribution < -0.4 is 4.74 Å². The third-order valence-corrected chi connectivity index (χ3v) is 8.13. The average molecular weight is 502 g/mol. The van der Waals surface area contributed by atoms with Crippen LogP contribution in [0.5, 0.6) is 5.75 Å². The van der Waals surface area contributed by atoms with E-state index in [-0.39, 0.29) is 6.10 Å². The lowest BCUT2D eigenvalue weighted by atomic mass is 9.83. The van der Waals surface area contributed by atoms with Crippen LogP contribution in [-0.2, 0) is 12.1 Å². The van der Waals surface area contributed by atoms with Crippen LogP contribution in [0.2, 0.25) is 5.02 Å². The molecule has 36 heavy (non-hydrogen) atoms. The maximum absolute atomic E-state index is 12.0. The van der Waals surface area contributed by atoms with Crippen molar-refractivity contribution in [3.8, 4) is 5.75 Å². The number of hydrogen-bond acceptors (Lipinski definition) is 4. The van der Waals surface area contributed by atoms with Crippen molar-refractivity contribution in [2.45, 2.75) is 31.1 Å². The van der Waals surface area contributed by atoms with Gasteiger partial charge in [0, 0.05) is 23.8 Å². The molecule has 1 N–H and O–H groups in total. The zero-order valence-electron chi connectivity index (χ0n) is 20.1. The van der Waals surface area contributed by atoms with E-state index in [9.17, 15) is 5.11 Å². The number of hydrogen-bond donors (Lipinski definition) is 1.